The Kier molecular flexibility index (Phi) is 3.97. The van der Waals surface area contributed by atoms with E-state index in [9.17, 15) is 9.59 Å². The molecule has 1 aromatic carbocycles. The molecule has 1 unspecified atom stereocenters. The molecule has 6 nitrogen and oxygen atoms in total. The van der Waals surface area contributed by atoms with Crippen molar-refractivity contribution in [2.75, 3.05) is 0 Å². The van der Waals surface area contributed by atoms with Crippen LogP contribution >= 0.6 is 0 Å². The van der Waals surface area contributed by atoms with Gasteiger partial charge in [0.05, 0.1) is 5.52 Å². The number of hydrogen-bond acceptors (Lipinski definition) is 3. The molecule has 0 saturated carbocycles. The molecule has 1 aromatic heterocycles. The lowest BCUT2D eigenvalue weighted by atomic mass is 10.1. The van der Waals surface area contributed by atoms with Crippen LogP contribution in [0, 0.1) is 0 Å². The fraction of sp³-hybridized carbons (Fsp3) is 0.400. The molecular weight excluding hydrogens is 268 g/mol. The van der Waals surface area contributed by atoms with Crippen LogP contribution in [0.5, 0.6) is 0 Å². The molecule has 3 N–H and O–H groups in total. The zero-order valence-corrected chi connectivity index (χ0v) is 12.7. The van der Waals surface area contributed by atoms with E-state index in [-0.39, 0.29) is 17.4 Å². The van der Waals surface area contributed by atoms with Crippen molar-refractivity contribution in [3.05, 3.63) is 30.0 Å². The van der Waals surface area contributed by atoms with E-state index in [0.29, 0.717) is 5.69 Å². The molecule has 0 fully saturated rings. The number of fused-ring (bicyclic) bond motifs is 1. The summed E-state index contributed by atoms with van der Waals surface area (Å²) in [6.07, 6.45) is 0. The largest absolute Gasteiger partial charge is 0.350 e. The number of para-hydroxylation sites is 1. The smallest absolute Gasteiger partial charge is 0.273 e. The Morgan fingerprint density at radius 3 is 2.57 bits per heavy atom. The maximum atomic E-state index is 12.2. The Balaban J connectivity index is 2.09. The van der Waals surface area contributed by atoms with Crippen molar-refractivity contribution in [1.29, 1.82) is 0 Å². The number of carbonyl (C=O) groups excluding carboxylic acids is 2. The second-order valence-corrected chi connectivity index (χ2v) is 6.05. The van der Waals surface area contributed by atoms with Crippen LogP contribution in [-0.2, 0) is 4.79 Å². The van der Waals surface area contributed by atoms with Crippen molar-refractivity contribution in [3.63, 3.8) is 0 Å². The predicted octanol–water partition coefficient (Wildman–Crippen LogP) is 1.60. The van der Waals surface area contributed by atoms with Gasteiger partial charge in [-0.2, -0.15) is 5.10 Å². The monoisotopic (exact) mass is 288 g/mol. The second-order valence-electron chi connectivity index (χ2n) is 6.05. The third-order valence-corrected chi connectivity index (χ3v) is 2.92. The highest BCUT2D eigenvalue weighted by molar-refractivity contribution is 6.05. The SMILES string of the molecule is CC(NC(=O)c1n[nH]c2ccccc12)C(=O)NC(C)(C)C. The number of hydrogen-bond donors (Lipinski definition) is 3. The number of benzene rings is 1. The summed E-state index contributed by atoms with van der Waals surface area (Å²) in [5.41, 5.74) is 0.741. The van der Waals surface area contributed by atoms with Gasteiger partial charge in [0, 0.05) is 10.9 Å². The molecule has 2 amide bonds. The van der Waals surface area contributed by atoms with Crippen LogP contribution in [0.3, 0.4) is 0 Å². The topological polar surface area (TPSA) is 86.9 Å². The third-order valence-electron chi connectivity index (χ3n) is 2.92. The molecule has 0 spiro atoms. The van der Waals surface area contributed by atoms with Gasteiger partial charge in [-0.15, -0.1) is 0 Å². The van der Waals surface area contributed by atoms with Gasteiger partial charge < -0.3 is 10.6 Å². The van der Waals surface area contributed by atoms with Gasteiger partial charge in [0.15, 0.2) is 5.69 Å². The van der Waals surface area contributed by atoms with Gasteiger partial charge in [-0.25, -0.2) is 0 Å². The first kappa shape index (κ1) is 15.0. The minimum absolute atomic E-state index is 0.226. The molecule has 2 rings (SSSR count). The molecular formula is C15H20N4O2. The summed E-state index contributed by atoms with van der Waals surface area (Å²) in [4.78, 5) is 24.2. The molecule has 1 atom stereocenters. The minimum atomic E-state index is -0.632. The van der Waals surface area contributed by atoms with Crippen molar-refractivity contribution in [2.45, 2.75) is 39.3 Å². The fourth-order valence-electron chi connectivity index (χ4n) is 1.94. The highest BCUT2D eigenvalue weighted by Gasteiger charge is 2.22. The first-order chi connectivity index (χ1) is 9.78. The van der Waals surface area contributed by atoms with E-state index >= 15 is 0 Å². The third kappa shape index (κ3) is 3.59. The van der Waals surface area contributed by atoms with Gasteiger partial charge in [-0.3, -0.25) is 14.7 Å². The van der Waals surface area contributed by atoms with Crippen LogP contribution in [0.25, 0.3) is 10.9 Å². The summed E-state index contributed by atoms with van der Waals surface area (Å²) in [5.74, 6) is -0.597. The maximum absolute atomic E-state index is 12.2. The maximum Gasteiger partial charge on any atom is 0.273 e. The molecule has 0 saturated heterocycles. The van der Waals surface area contributed by atoms with Gasteiger partial charge in [-0.05, 0) is 33.8 Å². The number of nitrogens with zero attached hydrogens (tertiary/aromatic N) is 1. The highest BCUT2D eigenvalue weighted by Crippen LogP contribution is 2.14. The van der Waals surface area contributed by atoms with Gasteiger partial charge in [0.25, 0.3) is 5.91 Å². The van der Waals surface area contributed by atoms with E-state index in [2.05, 4.69) is 20.8 Å². The van der Waals surface area contributed by atoms with Crippen LogP contribution in [0.15, 0.2) is 24.3 Å². The molecule has 2 aromatic rings. The van der Waals surface area contributed by atoms with E-state index in [1.54, 1.807) is 6.92 Å². The lowest BCUT2D eigenvalue weighted by molar-refractivity contribution is -0.124. The van der Waals surface area contributed by atoms with Crippen molar-refractivity contribution < 1.29 is 9.59 Å². The molecule has 0 radical (unpaired) electrons. The summed E-state index contributed by atoms with van der Waals surface area (Å²) in [7, 11) is 0. The van der Waals surface area contributed by atoms with Gasteiger partial charge >= 0.3 is 0 Å². The van der Waals surface area contributed by atoms with Gasteiger partial charge in [0.1, 0.15) is 6.04 Å². The predicted molar refractivity (Wildman–Crippen MR) is 80.9 cm³/mol. The zero-order chi connectivity index (χ0) is 15.6. The van der Waals surface area contributed by atoms with Crippen LogP contribution in [0.4, 0.5) is 0 Å². The van der Waals surface area contributed by atoms with Crippen molar-refractivity contribution >= 4 is 22.7 Å². The number of H-pyrrole nitrogens is 1. The number of amides is 2. The summed E-state index contributed by atoms with van der Waals surface area (Å²) in [6.45, 7) is 7.32. The quantitative estimate of drug-likeness (QED) is 0.801. The number of aromatic nitrogens is 2. The van der Waals surface area contributed by atoms with E-state index < -0.39 is 6.04 Å². The Labute approximate surface area is 123 Å². The molecule has 0 aliphatic heterocycles. The summed E-state index contributed by atoms with van der Waals surface area (Å²) >= 11 is 0. The molecule has 21 heavy (non-hydrogen) atoms. The molecule has 0 bridgehead atoms. The van der Waals surface area contributed by atoms with Crippen LogP contribution in [0.1, 0.15) is 38.2 Å². The second kappa shape index (κ2) is 5.55. The first-order valence-electron chi connectivity index (χ1n) is 6.84. The van der Waals surface area contributed by atoms with E-state index in [1.165, 1.54) is 0 Å². The average molecular weight is 288 g/mol. The number of nitrogens with one attached hydrogen (secondary N) is 3. The van der Waals surface area contributed by atoms with Crippen LogP contribution in [-0.4, -0.2) is 33.6 Å². The van der Waals surface area contributed by atoms with Crippen molar-refractivity contribution in [1.82, 2.24) is 20.8 Å². The Hall–Kier alpha value is -2.37. The van der Waals surface area contributed by atoms with Crippen molar-refractivity contribution in [3.8, 4) is 0 Å². The first-order valence-corrected chi connectivity index (χ1v) is 6.84. The molecule has 112 valence electrons. The molecule has 1 heterocycles. The number of aromatic amines is 1. The Bertz CT molecular complexity index is 670. The molecule has 0 aliphatic rings. The van der Waals surface area contributed by atoms with E-state index in [1.807, 2.05) is 45.0 Å². The molecule has 6 heteroatoms. The van der Waals surface area contributed by atoms with Crippen LogP contribution < -0.4 is 10.6 Å². The summed E-state index contributed by atoms with van der Waals surface area (Å²) < 4.78 is 0. The summed E-state index contributed by atoms with van der Waals surface area (Å²) in [6, 6.07) is 6.72. The Morgan fingerprint density at radius 2 is 1.90 bits per heavy atom. The lowest BCUT2D eigenvalue weighted by Crippen LogP contribution is -2.50. The number of rotatable bonds is 3. The summed E-state index contributed by atoms with van der Waals surface area (Å²) in [5, 5.41) is 13.0. The standard InChI is InChI=1S/C15H20N4O2/c1-9(13(20)17-15(2,3)4)16-14(21)12-10-7-5-6-8-11(10)18-19-12/h5-9H,1-4H3,(H,16,21)(H,17,20)(H,18,19). The molecule has 0 aliphatic carbocycles. The minimum Gasteiger partial charge on any atom is -0.350 e. The van der Waals surface area contributed by atoms with E-state index in [4.69, 9.17) is 0 Å². The zero-order valence-electron chi connectivity index (χ0n) is 12.7. The average Bonchev–Trinajstić information content (AvgIpc) is 2.80. The van der Waals surface area contributed by atoms with Crippen LogP contribution in [0.2, 0.25) is 0 Å². The normalized spacial score (nSPS) is 13.0. The fourth-order valence-corrected chi connectivity index (χ4v) is 1.94. The lowest BCUT2D eigenvalue weighted by Gasteiger charge is -2.23. The van der Waals surface area contributed by atoms with Crippen molar-refractivity contribution in [2.24, 2.45) is 0 Å². The van der Waals surface area contributed by atoms with E-state index in [0.717, 1.165) is 10.9 Å². The highest BCUT2D eigenvalue weighted by atomic mass is 16.2. The number of carbonyl (C=O) groups is 2. The van der Waals surface area contributed by atoms with Gasteiger partial charge in [-0.1, -0.05) is 18.2 Å². The Morgan fingerprint density at radius 1 is 1.24 bits per heavy atom. The van der Waals surface area contributed by atoms with Gasteiger partial charge in [0.2, 0.25) is 5.91 Å².